The van der Waals surface area contributed by atoms with Crippen molar-refractivity contribution in [2.24, 2.45) is 0 Å². The van der Waals surface area contributed by atoms with Gasteiger partial charge in [-0.3, -0.25) is 14.8 Å². The van der Waals surface area contributed by atoms with Gasteiger partial charge in [0.2, 0.25) is 0 Å². The first-order valence-electron chi connectivity index (χ1n) is 7.80. The third-order valence-electron chi connectivity index (χ3n) is 3.79. The third-order valence-corrected chi connectivity index (χ3v) is 4.52. The molecule has 0 unspecified atom stereocenters. The van der Waals surface area contributed by atoms with E-state index in [1.54, 1.807) is 23.7 Å². The van der Waals surface area contributed by atoms with E-state index in [0.29, 0.717) is 18.8 Å². The van der Waals surface area contributed by atoms with Crippen molar-refractivity contribution in [1.29, 1.82) is 0 Å². The molecular formula is C18H20N4OS. The highest BCUT2D eigenvalue weighted by Gasteiger charge is 2.20. The van der Waals surface area contributed by atoms with Crippen molar-refractivity contribution in [2.45, 2.75) is 6.54 Å². The molecule has 3 rings (SSSR count). The van der Waals surface area contributed by atoms with E-state index in [9.17, 15) is 4.79 Å². The molecule has 3 heterocycles. The summed E-state index contributed by atoms with van der Waals surface area (Å²) in [6, 6.07) is 7.62. The Bertz CT molecular complexity index is 812. The molecule has 0 saturated heterocycles. The van der Waals surface area contributed by atoms with Crippen molar-refractivity contribution in [2.75, 3.05) is 27.2 Å². The number of thiophene rings is 1. The summed E-state index contributed by atoms with van der Waals surface area (Å²) in [5.41, 5.74) is 2.40. The summed E-state index contributed by atoms with van der Waals surface area (Å²) < 4.78 is 0. The third kappa shape index (κ3) is 3.77. The Labute approximate surface area is 145 Å². The topological polar surface area (TPSA) is 49.3 Å². The number of nitrogens with zero attached hydrogens (tertiary/aromatic N) is 4. The number of likely N-dealkylation sites (N-methyl/N-ethyl adjacent to an activating group) is 1. The van der Waals surface area contributed by atoms with Gasteiger partial charge in [-0.15, -0.1) is 0 Å². The number of rotatable bonds is 6. The van der Waals surface area contributed by atoms with Gasteiger partial charge in [0, 0.05) is 37.4 Å². The van der Waals surface area contributed by atoms with E-state index in [4.69, 9.17) is 0 Å². The molecule has 0 radical (unpaired) electrons. The van der Waals surface area contributed by atoms with Crippen LogP contribution in [-0.4, -0.2) is 52.9 Å². The Morgan fingerprint density at radius 1 is 1.12 bits per heavy atom. The summed E-state index contributed by atoms with van der Waals surface area (Å²) in [5.74, 6) is -0.0540. The molecule has 0 aliphatic heterocycles. The minimum atomic E-state index is -0.0540. The Balaban J connectivity index is 1.91. The number of aromatic nitrogens is 2. The molecule has 124 valence electrons. The predicted molar refractivity (Wildman–Crippen MR) is 97.2 cm³/mol. The molecule has 0 N–H and O–H groups in total. The van der Waals surface area contributed by atoms with Gasteiger partial charge < -0.3 is 9.80 Å². The monoisotopic (exact) mass is 340 g/mol. The lowest BCUT2D eigenvalue weighted by molar-refractivity contribution is 0.0728. The van der Waals surface area contributed by atoms with Gasteiger partial charge in [0.1, 0.15) is 5.69 Å². The molecule has 24 heavy (non-hydrogen) atoms. The molecule has 1 amide bonds. The van der Waals surface area contributed by atoms with Gasteiger partial charge in [-0.25, -0.2) is 0 Å². The number of carbonyl (C=O) groups is 1. The summed E-state index contributed by atoms with van der Waals surface area (Å²) in [5, 5.41) is 4.91. The first kappa shape index (κ1) is 16.5. The first-order chi connectivity index (χ1) is 11.6. The Hall–Kier alpha value is -2.31. The molecular weight excluding hydrogens is 320 g/mol. The number of pyridine rings is 2. The minimum Gasteiger partial charge on any atom is -0.332 e. The fourth-order valence-electron chi connectivity index (χ4n) is 2.50. The molecule has 0 aromatic carbocycles. The molecule has 3 aromatic heterocycles. The van der Waals surface area contributed by atoms with Gasteiger partial charge in [0.05, 0.1) is 5.52 Å². The first-order valence-corrected chi connectivity index (χ1v) is 8.74. The highest BCUT2D eigenvalue weighted by molar-refractivity contribution is 7.07. The summed E-state index contributed by atoms with van der Waals surface area (Å²) >= 11 is 1.64. The molecule has 3 aromatic rings. The highest BCUT2D eigenvalue weighted by atomic mass is 32.1. The molecule has 0 fully saturated rings. The smallest absolute Gasteiger partial charge is 0.273 e. The van der Waals surface area contributed by atoms with Crippen LogP contribution in [0.25, 0.3) is 10.9 Å². The minimum absolute atomic E-state index is 0.0540. The van der Waals surface area contributed by atoms with Crippen LogP contribution in [0.1, 0.15) is 16.1 Å². The summed E-state index contributed by atoms with van der Waals surface area (Å²) in [7, 11) is 4.01. The standard InChI is InChI=1S/C18H20N4OS/c1-21(2)9-10-22(12-14-6-11-24-13-14)18(23)17-15-4-3-7-19-16(15)5-8-20-17/h3-8,11,13H,9-10,12H2,1-2H3. The van der Waals surface area contributed by atoms with E-state index in [-0.39, 0.29) is 5.91 Å². The van der Waals surface area contributed by atoms with E-state index in [1.165, 1.54) is 0 Å². The fourth-order valence-corrected chi connectivity index (χ4v) is 3.16. The number of hydrogen-bond acceptors (Lipinski definition) is 5. The maximum Gasteiger partial charge on any atom is 0.273 e. The van der Waals surface area contributed by atoms with E-state index < -0.39 is 0 Å². The van der Waals surface area contributed by atoms with Gasteiger partial charge in [-0.05, 0) is 54.7 Å². The second-order valence-corrected chi connectivity index (χ2v) is 6.67. The lowest BCUT2D eigenvalue weighted by Crippen LogP contribution is -2.36. The van der Waals surface area contributed by atoms with Gasteiger partial charge in [-0.2, -0.15) is 11.3 Å². The molecule has 6 heteroatoms. The highest BCUT2D eigenvalue weighted by Crippen LogP contribution is 2.18. The van der Waals surface area contributed by atoms with Gasteiger partial charge in [0.15, 0.2) is 0 Å². The van der Waals surface area contributed by atoms with Crippen LogP contribution in [0.15, 0.2) is 47.4 Å². The maximum atomic E-state index is 13.1. The second-order valence-electron chi connectivity index (χ2n) is 5.89. The number of hydrogen-bond donors (Lipinski definition) is 0. The molecule has 0 aliphatic rings. The molecule has 0 saturated carbocycles. The number of amides is 1. The van der Waals surface area contributed by atoms with Crippen LogP contribution in [0.5, 0.6) is 0 Å². The predicted octanol–water partition coefficient (Wildman–Crippen LogP) is 2.90. The van der Waals surface area contributed by atoms with Crippen LogP contribution in [0.4, 0.5) is 0 Å². The zero-order valence-corrected chi connectivity index (χ0v) is 14.7. The second kappa shape index (κ2) is 7.51. The quantitative estimate of drug-likeness (QED) is 0.692. The molecule has 0 atom stereocenters. The SMILES string of the molecule is CN(C)CCN(Cc1ccsc1)C(=O)c1nccc2ncccc12. The summed E-state index contributed by atoms with van der Waals surface area (Å²) in [4.78, 5) is 25.7. The van der Waals surface area contributed by atoms with Crippen molar-refractivity contribution >= 4 is 28.1 Å². The van der Waals surface area contributed by atoms with Gasteiger partial charge >= 0.3 is 0 Å². The normalized spacial score (nSPS) is 11.1. The van der Waals surface area contributed by atoms with Gasteiger partial charge in [0.25, 0.3) is 5.91 Å². The van der Waals surface area contributed by atoms with Crippen molar-refractivity contribution in [1.82, 2.24) is 19.8 Å². The fraction of sp³-hybridized carbons (Fsp3) is 0.278. The molecule has 0 bridgehead atoms. The van der Waals surface area contributed by atoms with E-state index in [1.807, 2.05) is 42.6 Å². The van der Waals surface area contributed by atoms with Gasteiger partial charge in [-0.1, -0.05) is 0 Å². The van der Waals surface area contributed by atoms with E-state index in [0.717, 1.165) is 23.0 Å². The summed E-state index contributed by atoms with van der Waals surface area (Å²) in [6.45, 7) is 2.05. The van der Waals surface area contributed by atoms with Crippen LogP contribution in [0, 0.1) is 0 Å². The van der Waals surface area contributed by atoms with Crippen LogP contribution in [0.2, 0.25) is 0 Å². The number of fused-ring (bicyclic) bond motifs is 1. The average Bonchev–Trinajstić information content (AvgIpc) is 3.10. The van der Waals surface area contributed by atoms with E-state index in [2.05, 4.69) is 26.3 Å². The molecule has 0 spiro atoms. The van der Waals surface area contributed by atoms with Crippen LogP contribution >= 0.6 is 11.3 Å². The van der Waals surface area contributed by atoms with Crippen LogP contribution in [0.3, 0.4) is 0 Å². The Morgan fingerprint density at radius 2 is 2.00 bits per heavy atom. The van der Waals surface area contributed by atoms with Crippen molar-refractivity contribution < 1.29 is 4.79 Å². The number of carbonyl (C=O) groups excluding carboxylic acids is 1. The van der Waals surface area contributed by atoms with Crippen molar-refractivity contribution in [3.05, 3.63) is 58.7 Å². The van der Waals surface area contributed by atoms with Crippen LogP contribution < -0.4 is 0 Å². The van der Waals surface area contributed by atoms with Crippen LogP contribution in [-0.2, 0) is 6.54 Å². The maximum absolute atomic E-state index is 13.1. The Morgan fingerprint density at radius 3 is 2.75 bits per heavy atom. The zero-order chi connectivity index (χ0) is 16.9. The molecule has 0 aliphatic carbocycles. The zero-order valence-electron chi connectivity index (χ0n) is 13.8. The lowest BCUT2D eigenvalue weighted by atomic mass is 10.1. The molecule has 5 nitrogen and oxygen atoms in total. The Kier molecular flexibility index (Phi) is 5.17. The summed E-state index contributed by atoms with van der Waals surface area (Å²) in [6.07, 6.45) is 3.38. The van der Waals surface area contributed by atoms with Crippen molar-refractivity contribution in [3.8, 4) is 0 Å². The lowest BCUT2D eigenvalue weighted by Gasteiger charge is -2.24. The van der Waals surface area contributed by atoms with E-state index >= 15 is 0 Å². The van der Waals surface area contributed by atoms with Crippen molar-refractivity contribution in [3.63, 3.8) is 0 Å². The average molecular weight is 340 g/mol. The largest absolute Gasteiger partial charge is 0.332 e.